The first-order chi connectivity index (χ1) is 16.2. The molecule has 9 heteroatoms. The molecule has 2 unspecified atom stereocenters. The van der Waals surface area contributed by atoms with Crippen molar-refractivity contribution >= 4 is 27.3 Å². The highest BCUT2D eigenvalue weighted by molar-refractivity contribution is 7.91. The van der Waals surface area contributed by atoms with Crippen LogP contribution >= 0.6 is 0 Å². The monoisotopic (exact) mass is 487 g/mol. The lowest BCUT2D eigenvalue weighted by molar-refractivity contribution is -0.115. The van der Waals surface area contributed by atoms with Gasteiger partial charge in [0, 0.05) is 25.6 Å². The number of anilines is 1. The van der Waals surface area contributed by atoms with Crippen LogP contribution < -0.4 is 10.8 Å². The maximum absolute atomic E-state index is 12.9. The predicted octanol–water partition coefficient (Wildman–Crippen LogP) is 3.40. The molecule has 2 amide bonds. The van der Waals surface area contributed by atoms with Crippen LogP contribution in [0, 0.1) is 5.92 Å². The molecule has 2 N–H and O–H groups in total. The number of sulfone groups is 1. The lowest BCUT2D eigenvalue weighted by Crippen LogP contribution is -2.45. The average Bonchev–Trinajstić information content (AvgIpc) is 3.51. The van der Waals surface area contributed by atoms with Gasteiger partial charge in [-0.1, -0.05) is 12.1 Å². The van der Waals surface area contributed by atoms with E-state index in [1.807, 2.05) is 13.8 Å². The second-order valence-corrected chi connectivity index (χ2v) is 11.1. The van der Waals surface area contributed by atoms with Crippen LogP contribution in [0.4, 0.5) is 5.69 Å². The van der Waals surface area contributed by atoms with Crippen LogP contribution in [0.1, 0.15) is 50.5 Å². The Balaban J connectivity index is 0.00000342. The van der Waals surface area contributed by atoms with Crippen LogP contribution in [-0.2, 0) is 25.9 Å². The molecule has 0 spiro atoms. The van der Waals surface area contributed by atoms with Crippen molar-refractivity contribution in [1.29, 1.82) is 0 Å². The number of hydrogen-bond acceptors (Lipinski definition) is 6. The molecule has 2 aromatic rings. The van der Waals surface area contributed by atoms with Crippen molar-refractivity contribution < 1.29 is 24.3 Å². The van der Waals surface area contributed by atoms with Crippen LogP contribution in [0.3, 0.4) is 0 Å². The summed E-state index contributed by atoms with van der Waals surface area (Å²) in [6.07, 6.45) is 2.69. The Labute approximate surface area is 202 Å². The highest BCUT2D eigenvalue weighted by Gasteiger charge is 2.30. The minimum atomic E-state index is -3.26. The van der Waals surface area contributed by atoms with Gasteiger partial charge < -0.3 is 10.2 Å². The summed E-state index contributed by atoms with van der Waals surface area (Å²) in [5.74, 6) is 0.168. The minimum Gasteiger partial charge on any atom is -0.326 e. The summed E-state index contributed by atoms with van der Waals surface area (Å²) < 4.78 is 24.7. The van der Waals surface area contributed by atoms with Crippen molar-refractivity contribution in [2.24, 2.45) is 5.92 Å². The standard InChI is InChI=1S/C25H31N3O5S.H2/c1-3-28(23-14-17(2)33-27-23)25(30)20-8-10-21(11-9-20)26-24(29)15-18-6-12-22(13-7-18)34(31,32)16-19-4-5-19;/h6-13,17,19,23,27H,3-5,14-16H2,1-2H3,(H,26,29);1H. The summed E-state index contributed by atoms with van der Waals surface area (Å²) in [6, 6.07) is 13.3. The van der Waals surface area contributed by atoms with Crippen molar-refractivity contribution in [3.8, 4) is 0 Å². The maximum Gasteiger partial charge on any atom is 0.255 e. The van der Waals surface area contributed by atoms with Crippen molar-refractivity contribution in [2.45, 2.75) is 56.7 Å². The van der Waals surface area contributed by atoms with Crippen molar-refractivity contribution in [3.63, 3.8) is 0 Å². The Morgan fingerprint density at radius 1 is 1.12 bits per heavy atom. The van der Waals surface area contributed by atoms with Gasteiger partial charge in [-0.2, -0.15) is 5.48 Å². The van der Waals surface area contributed by atoms with Gasteiger partial charge in [-0.15, -0.1) is 0 Å². The van der Waals surface area contributed by atoms with Gasteiger partial charge in [-0.05, 0) is 74.6 Å². The number of carbonyl (C=O) groups excluding carboxylic acids is 2. The summed E-state index contributed by atoms with van der Waals surface area (Å²) >= 11 is 0. The zero-order valence-corrected chi connectivity index (χ0v) is 20.3. The minimum absolute atomic E-state index is 0. The van der Waals surface area contributed by atoms with Gasteiger partial charge in [0.1, 0.15) is 6.17 Å². The topological polar surface area (TPSA) is 105 Å². The molecule has 0 radical (unpaired) electrons. The van der Waals surface area contributed by atoms with E-state index < -0.39 is 9.84 Å². The molecule has 8 nitrogen and oxygen atoms in total. The third kappa shape index (κ3) is 6.02. The quantitative estimate of drug-likeness (QED) is 0.562. The van der Waals surface area contributed by atoms with Crippen LogP contribution in [0.5, 0.6) is 0 Å². The fourth-order valence-corrected chi connectivity index (χ4v) is 5.76. The highest BCUT2D eigenvalue weighted by atomic mass is 32.2. The molecule has 1 heterocycles. The fraction of sp³-hybridized carbons (Fsp3) is 0.440. The number of benzene rings is 2. The largest absolute Gasteiger partial charge is 0.326 e. The number of rotatable bonds is 9. The lowest BCUT2D eigenvalue weighted by atomic mass is 10.1. The summed E-state index contributed by atoms with van der Waals surface area (Å²) in [7, 11) is -3.26. The van der Waals surface area contributed by atoms with Gasteiger partial charge in [0.15, 0.2) is 9.84 Å². The molecule has 1 saturated carbocycles. The van der Waals surface area contributed by atoms with Crippen LogP contribution in [0.15, 0.2) is 53.4 Å². The Morgan fingerprint density at radius 2 is 1.79 bits per heavy atom. The summed E-state index contributed by atoms with van der Waals surface area (Å²) in [6.45, 7) is 4.42. The third-order valence-corrected chi connectivity index (χ3v) is 8.05. The summed E-state index contributed by atoms with van der Waals surface area (Å²) in [4.78, 5) is 32.8. The van der Waals surface area contributed by atoms with E-state index in [1.54, 1.807) is 53.4 Å². The van der Waals surface area contributed by atoms with E-state index >= 15 is 0 Å². The van der Waals surface area contributed by atoms with Gasteiger partial charge in [0.05, 0.1) is 23.2 Å². The molecule has 2 fully saturated rings. The van der Waals surface area contributed by atoms with Crippen molar-refractivity contribution in [2.75, 3.05) is 17.6 Å². The molecule has 34 heavy (non-hydrogen) atoms. The van der Waals surface area contributed by atoms with Crippen LogP contribution in [0.25, 0.3) is 0 Å². The predicted molar refractivity (Wildman–Crippen MR) is 131 cm³/mol. The maximum atomic E-state index is 12.9. The van der Waals surface area contributed by atoms with E-state index in [9.17, 15) is 18.0 Å². The highest BCUT2D eigenvalue weighted by Crippen LogP contribution is 2.32. The number of hydroxylamine groups is 1. The molecule has 2 atom stereocenters. The third-order valence-electron chi connectivity index (χ3n) is 6.15. The normalized spacial score (nSPS) is 20.2. The molecular formula is C25H33N3O5S. The van der Waals surface area contributed by atoms with Gasteiger partial charge >= 0.3 is 0 Å². The zero-order valence-electron chi connectivity index (χ0n) is 19.5. The molecule has 4 rings (SSSR count). The van der Waals surface area contributed by atoms with Gasteiger partial charge in [-0.3, -0.25) is 14.4 Å². The van der Waals surface area contributed by atoms with Crippen LogP contribution in [-0.4, -0.2) is 49.7 Å². The molecule has 0 aromatic heterocycles. The average molecular weight is 488 g/mol. The Hall–Kier alpha value is -2.75. The Bertz CT molecular complexity index is 1130. The molecule has 1 aliphatic carbocycles. The van der Waals surface area contributed by atoms with Crippen molar-refractivity contribution in [3.05, 3.63) is 59.7 Å². The number of amides is 2. The number of nitrogens with one attached hydrogen (secondary N) is 2. The van der Waals surface area contributed by atoms with E-state index in [0.717, 1.165) is 24.8 Å². The molecule has 0 bridgehead atoms. The van der Waals surface area contributed by atoms with Gasteiger partial charge in [-0.25, -0.2) is 8.42 Å². The van der Waals surface area contributed by atoms with E-state index in [-0.39, 0.29) is 37.7 Å². The van der Waals surface area contributed by atoms with Gasteiger partial charge in [0.25, 0.3) is 5.91 Å². The first kappa shape index (κ1) is 24.4. The SMILES string of the molecule is CCN(C(=O)c1ccc(NC(=O)Cc2ccc(S(=O)(=O)CC3CC3)cc2)cc1)C1CC(C)ON1.[HH]. The Morgan fingerprint density at radius 3 is 2.35 bits per heavy atom. The molecule has 184 valence electrons. The second-order valence-electron chi connectivity index (χ2n) is 9.06. The second kappa shape index (κ2) is 10.2. The molecule has 2 aliphatic rings. The molecule has 2 aromatic carbocycles. The van der Waals surface area contributed by atoms with Crippen LogP contribution in [0.2, 0.25) is 0 Å². The number of hydrogen-bond donors (Lipinski definition) is 2. The van der Waals surface area contributed by atoms with Crippen molar-refractivity contribution in [1.82, 2.24) is 10.4 Å². The van der Waals surface area contributed by atoms with E-state index in [1.165, 1.54) is 0 Å². The lowest BCUT2D eigenvalue weighted by Gasteiger charge is -2.26. The smallest absolute Gasteiger partial charge is 0.255 e. The first-order valence-electron chi connectivity index (χ1n) is 11.7. The number of carbonyl (C=O) groups is 2. The molecular weight excluding hydrogens is 454 g/mol. The van der Waals surface area contributed by atoms with E-state index in [0.29, 0.717) is 28.6 Å². The summed E-state index contributed by atoms with van der Waals surface area (Å²) in [5.41, 5.74) is 4.76. The molecule has 1 aliphatic heterocycles. The first-order valence-corrected chi connectivity index (χ1v) is 13.3. The summed E-state index contributed by atoms with van der Waals surface area (Å²) in [5, 5.41) is 2.83. The fourth-order valence-electron chi connectivity index (χ4n) is 4.06. The Kier molecular flexibility index (Phi) is 7.35. The van der Waals surface area contributed by atoms with E-state index in [4.69, 9.17) is 4.84 Å². The van der Waals surface area contributed by atoms with E-state index in [2.05, 4.69) is 10.8 Å². The number of nitrogens with zero attached hydrogens (tertiary/aromatic N) is 1. The molecule has 1 saturated heterocycles. The van der Waals surface area contributed by atoms with Gasteiger partial charge in [0.2, 0.25) is 5.91 Å². The zero-order chi connectivity index (χ0) is 24.3.